The largest absolute Gasteiger partial charge is 0.351 e. The highest BCUT2D eigenvalue weighted by molar-refractivity contribution is 7.54. The molecule has 2 N–H and O–H groups in total. The summed E-state index contributed by atoms with van der Waals surface area (Å²) in [5.74, 6) is -3.19. The minimum atomic E-state index is -3.81. The van der Waals surface area contributed by atoms with Crippen molar-refractivity contribution in [1.29, 1.82) is 0 Å². The van der Waals surface area contributed by atoms with Gasteiger partial charge in [-0.3, -0.25) is 4.57 Å². The highest BCUT2D eigenvalue weighted by Crippen LogP contribution is 2.58. The van der Waals surface area contributed by atoms with Gasteiger partial charge in [0.25, 0.3) is 0 Å². The molecule has 7 heteroatoms. The maximum absolute atomic E-state index is 14.0. The Kier molecular flexibility index (Phi) is 5.62. The molecule has 108 valence electrons. The molecule has 1 aromatic carbocycles. The first kappa shape index (κ1) is 16.2. The normalized spacial score (nSPS) is 13.6. The summed E-state index contributed by atoms with van der Waals surface area (Å²) in [6.07, 6.45) is 0. The molecule has 0 aliphatic rings. The zero-order valence-corrected chi connectivity index (χ0v) is 12.0. The van der Waals surface area contributed by atoms with Gasteiger partial charge < -0.3 is 14.8 Å². The van der Waals surface area contributed by atoms with Crippen molar-refractivity contribution in [3.05, 3.63) is 34.9 Å². The Morgan fingerprint density at radius 2 is 1.79 bits per heavy atom. The highest BCUT2D eigenvalue weighted by Gasteiger charge is 2.37. The van der Waals surface area contributed by atoms with Crippen molar-refractivity contribution in [3.63, 3.8) is 0 Å². The van der Waals surface area contributed by atoms with Crippen LogP contribution in [0.25, 0.3) is 0 Å². The van der Waals surface area contributed by atoms with Gasteiger partial charge in [-0.25, -0.2) is 8.78 Å². The van der Waals surface area contributed by atoms with E-state index in [0.717, 1.165) is 6.07 Å². The smallest absolute Gasteiger partial charge is 0.314 e. The van der Waals surface area contributed by atoms with E-state index in [0.29, 0.717) is 0 Å². The van der Waals surface area contributed by atoms with E-state index < -0.39 is 30.6 Å². The molecule has 0 saturated carbocycles. The Labute approximate surface area is 111 Å². The molecule has 4 nitrogen and oxygen atoms in total. The molecule has 1 rings (SSSR count). The predicted molar refractivity (Wildman–Crippen MR) is 68.9 cm³/mol. The third-order valence-electron chi connectivity index (χ3n) is 2.57. The Morgan fingerprint density at radius 3 is 2.26 bits per heavy atom. The first-order chi connectivity index (χ1) is 8.87. The number of halogens is 2. The summed E-state index contributed by atoms with van der Waals surface area (Å²) in [5.41, 5.74) is 5.47. The van der Waals surface area contributed by atoms with E-state index in [4.69, 9.17) is 14.8 Å². The van der Waals surface area contributed by atoms with Crippen molar-refractivity contribution in [2.75, 3.05) is 13.2 Å². The number of rotatable bonds is 6. The molecule has 0 bridgehead atoms. The monoisotopic (exact) mass is 293 g/mol. The fourth-order valence-corrected chi connectivity index (χ4v) is 3.33. The van der Waals surface area contributed by atoms with Crippen LogP contribution in [0.15, 0.2) is 12.1 Å². The van der Waals surface area contributed by atoms with Crippen LogP contribution in [0.3, 0.4) is 0 Å². The zero-order valence-electron chi connectivity index (χ0n) is 11.2. The van der Waals surface area contributed by atoms with Gasteiger partial charge in [0, 0.05) is 0 Å². The van der Waals surface area contributed by atoms with Crippen molar-refractivity contribution in [2.45, 2.75) is 26.6 Å². The third-order valence-corrected chi connectivity index (χ3v) is 4.75. The second-order valence-corrected chi connectivity index (χ2v) is 6.06. The van der Waals surface area contributed by atoms with Gasteiger partial charge in [0.05, 0.1) is 18.8 Å². The number of nitrogens with two attached hydrogens (primary N) is 1. The van der Waals surface area contributed by atoms with Crippen molar-refractivity contribution in [3.8, 4) is 0 Å². The molecule has 0 aliphatic heterocycles. The molecule has 0 radical (unpaired) electrons. The highest BCUT2D eigenvalue weighted by atomic mass is 31.2. The van der Waals surface area contributed by atoms with Crippen LogP contribution in [0, 0.1) is 18.6 Å². The fraction of sp³-hybridized carbons (Fsp3) is 0.500. The summed E-state index contributed by atoms with van der Waals surface area (Å²) in [4.78, 5) is 0. The Hall–Kier alpha value is -0.810. The van der Waals surface area contributed by atoms with Gasteiger partial charge in [-0.05, 0) is 32.4 Å². The third kappa shape index (κ3) is 3.39. The first-order valence-electron chi connectivity index (χ1n) is 5.96. The number of hydrogen-bond donors (Lipinski definition) is 1. The number of aryl methyl sites for hydroxylation is 1. The summed E-state index contributed by atoms with van der Waals surface area (Å²) in [6, 6.07) is 2.36. The number of benzene rings is 1. The molecule has 0 saturated heterocycles. The SMILES string of the molecule is CCOP(=O)(OCC)[C@@H](N)c1c(F)ccc(C)c1F. The summed E-state index contributed by atoms with van der Waals surface area (Å²) in [5, 5.41) is 0. The maximum Gasteiger partial charge on any atom is 0.351 e. The second-order valence-electron chi connectivity index (χ2n) is 3.91. The lowest BCUT2D eigenvalue weighted by Gasteiger charge is -2.24. The van der Waals surface area contributed by atoms with Crippen molar-refractivity contribution in [2.24, 2.45) is 5.73 Å². The van der Waals surface area contributed by atoms with E-state index >= 15 is 0 Å². The Bertz CT molecular complexity index is 486. The summed E-state index contributed by atoms with van der Waals surface area (Å²) in [7, 11) is -3.81. The van der Waals surface area contributed by atoms with Gasteiger partial charge in [-0.2, -0.15) is 0 Å². The summed E-state index contributed by atoms with van der Waals surface area (Å²) in [6.45, 7) is 4.81. The van der Waals surface area contributed by atoms with Crippen LogP contribution in [0.1, 0.15) is 30.8 Å². The molecule has 0 fully saturated rings. The van der Waals surface area contributed by atoms with E-state index in [1.54, 1.807) is 13.8 Å². The van der Waals surface area contributed by atoms with E-state index in [1.165, 1.54) is 13.0 Å². The van der Waals surface area contributed by atoms with E-state index in [-0.39, 0.29) is 18.8 Å². The van der Waals surface area contributed by atoms with Gasteiger partial charge >= 0.3 is 7.60 Å². The van der Waals surface area contributed by atoms with Gasteiger partial charge in [-0.1, -0.05) is 6.07 Å². The van der Waals surface area contributed by atoms with E-state index in [2.05, 4.69) is 0 Å². The lowest BCUT2D eigenvalue weighted by Crippen LogP contribution is -2.18. The molecular formula is C12H18F2NO3P. The van der Waals surface area contributed by atoms with Gasteiger partial charge in [0.2, 0.25) is 0 Å². The van der Waals surface area contributed by atoms with Crippen LogP contribution in [0.5, 0.6) is 0 Å². The zero-order chi connectivity index (χ0) is 14.6. The minimum Gasteiger partial charge on any atom is -0.314 e. The average Bonchev–Trinajstić information content (AvgIpc) is 2.35. The molecule has 19 heavy (non-hydrogen) atoms. The van der Waals surface area contributed by atoms with Gasteiger partial charge in [-0.15, -0.1) is 0 Å². The van der Waals surface area contributed by atoms with E-state index in [9.17, 15) is 13.3 Å². The van der Waals surface area contributed by atoms with Crippen LogP contribution in [0.4, 0.5) is 8.78 Å². The molecule has 0 aliphatic carbocycles. The van der Waals surface area contributed by atoms with Crippen molar-refractivity contribution in [1.82, 2.24) is 0 Å². The average molecular weight is 293 g/mol. The molecule has 1 atom stereocenters. The maximum atomic E-state index is 14.0. The standard InChI is InChI=1S/C12H18F2NO3P/c1-4-17-19(16,18-5-2)12(15)10-9(13)7-6-8(3)11(10)14/h6-7,12H,4-5,15H2,1-3H3/t12-/m1/s1. The molecule has 0 heterocycles. The van der Waals surface area contributed by atoms with Crippen LogP contribution in [0.2, 0.25) is 0 Å². The van der Waals surface area contributed by atoms with Crippen LogP contribution >= 0.6 is 7.60 Å². The topological polar surface area (TPSA) is 61.5 Å². The van der Waals surface area contributed by atoms with Crippen LogP contribution in [-0.2, 0) is 13.6 Å². The van der Waals surface area contributed by atoms with Gasteiger partial charge in [0.1, 0.15) is 17.4 Å². The van der Waals surface area contributed by atoms with Crippen LogP contribution < -0.4 is 5.73 Å². The lowest BCUT2D eigenvalue weighted by atomic mass is 10.1. The number of hydrogen-bond acceptors (Lipinski definition) is 4. The van der Waals surface area contributed by atoms with Gasteiger partial charge in [0.15, 0.2) is 0 Å². The molecule has 0 amide bonds. The molecule has 0 unspecified atom stereocenters. The minimum absolute atomic E-state index is 0.0695. The van der Waals surface area contributed by atoms with Crippen molar-refractivity contribution >= 4 is 7.60 Å². The molecule has 0 aromatic heterocycles. The van der Waals surface area contributed by atoms with Crippen LogP contribution in [-0.4, -0.2) is 13.2 Å². The lowest BCUT2D eigenvalue weighted by molar-refractivity contribution is 0.211. The van der Waals surface area contributed by atoms with Crippen molar-refractivity contribution < 1.29 is 22.4 Å². The molecule has 1 aromatic rings. The molecular weight excluding hydrogens is 275 g/mol. The van der Waals surface area contributed by atoms with E-state index in [1.807, 2.05) is 0 Å². The summed E-state index contributed by atoms with van der Waals surface area (Å²) < 4.78 is 50.2. The first-order valence-corrected chi connectivity index (χ1v) is 7.57. The quantitative estimate of drug-likeness (QED) is 0.815. The molecule has 0 spiro atoms. The Morgan fingerprint density at radius 1 is 1.26 bits per heavy atom. The fourth-order valence-electron chi connectivity index (χ4n) is 1.67. The summed E-state index contributed by atoms with van der Waals surface area (Å²) >= 11 is 0. The Balaban J connectivity index is 3.28. The predicted octanol–water partition coefficient (Wildman–Crippen LogP) is 3.50. The second kappa shape index (κ2) is 6.57.